The van der Waals surface area contributed by atoms with Gasteiger partial charge in [0.15, 0.2) is 0 Å². The molecule has 2 aromatic heterocycles. The Balaban J connectivity index is 1.26. The number of aryl methyl sites for hydroxylation is 1. The van der Waals surface area contributed by atoms with Crippen LogP contribution in [0.4, 0.5) is 0 Å². The van der Waals surface area contributed by atoms with E-state index in [0.29, 0.717) is 24.8 Å². The van der Waals surface area contributed by atoms with Crippen molar-refractivity contribution in [2.45, 2.75) is 51.7 Å². The summed E-state index contributed by atoms with van der Waals surface area (Å²) in [6.45, 7) is 6.51. The van der Waals surface area contributed by atoms with E-state index in [-0.39, 0.29) is 17.7 Å². The lowest BCUT2D eigenvalue weighted by Crippen LogP contribution is -2.51. The number of aromatic nitrogens is 3. The van der Waals surface area contributed by atoms with Crippen molar-refractivity contribution in [1.29, 1.82) is 0 Å². The van der Waals surface area contributed by atoms with E-state index in [9.17, 15) is 9.59 Å². The molecule has 4 rings (SSSR count). The van der Waals surface area contributed by atoms with Crippen LogP contribution in [-0.2, 0) is 17.9 Å². The SMILES string of the molecule is CCn1nccc1C(=O)N1CCC(N2CCCC(C(=O)NCc3ccccn3)C2)CC1. The molecule has 2 aliphatic rings. The minimum absolute atomic E-state index is 0.0241. The highest BCUT2D eigenvalue weighted by Crippen LogP contribution is 2.25. The van der Waals surface area contributed by atoms with E-state index >= 15 is 0 Å². The van der Waals surface area contributed by atoms with Gasteiger partial charge in [-0.25, -0.2) is 0 Å². The molecule has 8 nitrogen and oxygen atoms in total. The number of hydrogen-bond donors (Lipinski definition) is 1. The van der Waals surface area contributed by atoms with Crippen molar-refractivity contribution < 1.29 is 9.59 Å². The van der Waals surface area contributed by atoms with Crippen molar-refractivity contribution >= 4 is 11.8 Å². The Labute approximate surface area is 183 Å². The lowest BCUT2D eigenvalue weighted by molar-refractivity contribution is -0.127. The summed E-state index contributed by atoms with van der Waals surface area (Å²) < 4.78 is 1.76. The Kier molecular flexibility index (Phi) is 6.96. The molecular weight excluding hydrogens is 392 g/mol. The van der Waals surface area contributed by atoms with Crippen LogP contribution >= 0.6 is 0 Å². The van der Waals surface area contributed by atoms with E-state index in [4.69, 9.17) is 0 Å². The zero-order valence-corrected chi connectivity index (χ0v) is 18.2. The molecule has 4 heterocycles. The van der Waals surface area contributed by atoms with Gasteiger partial charge < -0.3 is 10.2 Å². The Morgan fingerprint density at radius 3 is 2.68 bits per heavy atom. The van der Waals surface area contributed by atoms with Crippen LogP contribution in [0.3, 0.4) is 0 Å². The fourth-order valence-electron chi connectivity index (χ4n) is 4.74. The van der Waals surface area contributed by atoms with Crippen LogP contribution in [0.5, 0.6) is 0 Å². The third-order valence-corrected chi connectivity index (χ3v) is 6.50. The molecule has 2 saturated heterocycles. The Hall–Kier alpha value is -2.74. The molecular formula is C23H32N6O2. The number of amides is 2. The molecule has 2 aromatic rings. The van der Waals surface area contributed by atoms with Gasteiger partial charge in [0.25, 0.3) is 5.91 Å². The van der Waals surface area contributed by atoms with Gasteiger partial charge in [-0.3, -0.25) is 24.2 Å². The van der Waals surface area contributed by atoms with Gasteiger partial charge >= 0.3 is 0 Å². The first-order valence-electron chi connectivity index (χ1n) is 11.4. The number of nitrogens with one attached hydrogen (secondary N) is 1. The molecule has 1 unspecified atom stereocenters. The highest BCUT2D eigenvalue weighted by Gasteiger charge is 2.33. The molecule has 0 aromatic carbocycles. The largest absolute Gasteiger partial charge is 0.350 e. The van der Waals surface area contributed by atoms with E-state index in [1.165, 1.54) is 0 Å². The minimum Gasteiger partial charge on any atom is -0.350 e. The maximum Gasteiger partial charge on any atom is 0.272 e. The summed E-state index contributed by atoms with van der Waals surface area (Å²) in [6.07, 6.45) is 7.31. The van der Waals surface area contributed by atoms with Crippen LogP contribution in [0.1, 0.15) is 48.8 Å². The first-order chi connectivity index (χ1) is 15.2. The Morgan fingerprint density at radius 1 is 1.10 bits per heavy atom. The smallest absolute Gasteiger partial charge is 0.272 e. The summed E-state index contributed by atoms with van der Waals surface area (Å²) in [5.74, 6) is 0.218. The molecule has 1 N–H and O–H groups in total. The number of likely N-dealkylation sites (tertiary alicyclic amines) is 2. The number of pyridine rings is 1. The summed E-state index contributed by atoms with van der Waals surface area (Å²) in [5, 5.41) is 7.27. The second-order valence-corrected chi connectivity index (χ2v) is 8.43. The topological polar surface area (TPSA) is 83.4 Å². The Morgan fingerprint density at radius 2 is 1.94 bits per heavy atom. The summed E-state index contributed by atoms with van der Waals surface area (Å²) in [6, 6.07) is 7.98. The molecule has 2 fully saturated rings. The predicted molar refractivity (Wildman–Crippen MR) is 117 cm³/mol. The monoisotopic (exact) mass is 424 g/mol. The number of carbonyl (C=O) groups excluding carboxylic acids is 2. The predicted octanol–water partition coefficient (Wildman–Crippen LogP) is 1.93. The second-order valence-electron chi connectivity index (χ2n) is 8.43. The molecule has 0 saturated carbocycles. The van der Waals surface area contributed by atoms with E-state index in [1.807, 2.05) is 30.0 Å². The zero-order valence-electron chi connectivity index (χ0n) is 18.2. The van der Waals surface area contributed by atoms with Crippen LogP contribution in [0.15, 0.2) is 36.7 Å². The van der Waals surface area contributed by atoms with Crippen molar-refractivity contribution in [1.82, 2.24) is 29.9 Å². The van der Waals surface area contributed by atoms with Crippen molar-refractivity contribution in [3.05, 3.63) is 48.0 Å². The number of nitrogens with zero attached hydrogens (tertiary/aromatic N) is 5. The van der Waals surface area contributed by atoms with Gasteiger partial charge in [-0.05, 0) is 57.4 Å². The minimum atomic E-state index is 0.0241. The average Bonchev–Trinajstić information content (AvgIpc) is 3.32. The number of piperidine rings is 2. The number of rotatable bonds is 6. The third-order valence-electron chi connectivity index (χ3n) is 6.50. The molecule has 31 heavy (non-hydrogen) atoms. The maximum atomic E-state index is 12.8. The second kappa shape index (κ2) is 10.0. The van der Waals surface area contributed by atoms with Crippen LogP contribution < -0.4 is 5.32 Å². The standard InChI is InChI=1S/C23H32N6O2/c1-2-29-21(8-12-26-29)23(31)27-14-9-20(10-15-27)28-13-5-6-18(17-28)22(30)25-16-19-7-3-4-11-24-19/h3-4,7-8,11-12,18,20H,2,5-6,9-10,13-17H2,1H3,(H,25,30). The average molecular weight is 425 g/mol. The third kappa shape index (κ3) is 5.12. The summed E-state index contributed by atoms with van der Waals surface area (Å²) in [7, 11) is 0. The van der Waals surface area contributed by atoms with Gasteiger partial charge in [-0.2, -0.15) is 5.10 Å². The van der Waals surface area contributed by atoms with Crippen LogP contribution in [0, 0.1) is 5.92 Å². The lowest BCUT2D eigenvalue weighted by atomic mass is 9.93. The van der Waals surface area contributed by atoms with E-state index in [0.717, 1.165) is 57.6 Å². The van der Waals surface area contributed by atoms with Gasteiger partial charge in [-0.15, -0.1) is 0 Å². The molecule has 2 aliphatic heterocycles. The normalized spacial score (nSPS) is 20.5. The fraction of sp³-hybridized carbons (Fsp3) is 0.565. The van der Waals surface area contributed by atoms with Crippen molar-refractivity contribution in [3.63, 3.8) is 0 Å². The Bertz CT molecular complexity index is 875. The molecule has 0 spiro atoms. The van der Waals surface area contributed by atoms with Crippen LogP contribution in [-0.4, -0.2) is 68.6 Å². The maximum absolute atomic E-state index is 12.8. The van der Waals surface area contributed by atoms with E-state index in [1.54, 1.807) is 23.1 Å². The molecule has 166 valence electrons. The van der Waals surface area contributed by atoms with Gasteiger partial charge in [0, 0.05) is 44.6 Å². The fourth-order valence-corrected chi connectivity index (χ4v) is 4.74. The molecule has 1 atom stereocenters. The molecule has 0 bridgehead atoms. The first-order valence-corrected chi connectivity index (χ1v) is 11.4. The van der Waals surface area contributed by atoms with Crippen molar-refractivity contribution in [3.8, 4) is 0 Å². The van der Waals surface area contributed by atoms with Gasteiger partial charge in [-0.1, -0.05) is 6.07 Å². The van der Waals surface area contributed by atoms with Crippen LogP contribution in [0.25, 0.3) is 0 Å². The number of carbonyl (C=O) groups is 2. The molecule has 0 radical (unpaired) electrons. The van der Waals surface area contributed by atoms with E-state index < -0.39 is 0 Å². The highest BCUT2D eigenvalue weighted by atomic mass is 16.2. The zero-order chi connectivity index (χ0) is 21.6. The quantitative estimate of drug-likeness (QED) is 0.766. The molecule has 8 heteroatoms. The van der Waals surface area contributed by atoms with Gasteiger partial charge in [0.2, 0.25) is 5.91 Å². The first kappa shape index (κ1) is 21.5. The van der Waals surface area contributed by atoms with Gasteiger partial charge in [0.1, 0.15) is 5.69 Å². The van der Waals surface area contributed by atoms with Gasteiger partial charge in [0.05, 0.1) is 18.2 Å². The molecule has 2 amide bonds. The summed E-state index contributed by atoms with van der Waals surface area (Å²) in [5.41, 5.74) is 1.55. The van der Waals surface area contributed by atoms with Crippen LogP contribution in [0.2, 0.25) is 0 Å². The van der Waals surface area contributed by atoms with Crippen molar-refractivity contribution in [2.75, 3.05) is 26.2 Å². The summed E-state index contributed by atoms with van der Waals surface area (Å²) >= 11 is 0. The highest BCUT2D eigenvalue weighted by molar-refractivity contribution is 5.92. The molecule has 0 aliphatic carbocycles. The lowest BCUT2D eigenvalue weighted by Gasteiger charge is -2.42. The number of hydrogen-bond acceptors (Lipinski definition) is 5. The van der Waals surface area contributed by atoms with Crippen molar-refractivity contribution in [2.24, 2.45) is 5.92 Å². The summed E-state index contributed by atoms with van der Waals surface area (Å²) in [4.78, 5) is 34.2. The van der Waals surface area contributed by atoms with E-state index in [2.05, 4.69) is 20.3 Å².